The highest BCUT2D eigenvalue weighted by molar-refractivity contribution is 5.69. The normalized spacial score (nSPS) is 25.8. The molecule has 1 amide bonds. The monoisotopic (exact) mass is 241 g/mol. The van der Waals surface area contributed by atoms with Crippen molar-refractivity contribution in [3.8, 4) is 0 Å². The molecule has 0 saturated heterocycles. The number of ether oxygens (including phenoxy) is 1. The molecular weight excluding hydrogens is 218 g/mol. The van der Waals surface area contributed by atoms with Crippen LogP contribution in [0.15, 0.2) is 0 Å². The van der Waals surface area contributed by atoms with Crippen LogP contribution in [-0.2, 0) is 9.53 Å². The highest BCUT2D eigenvalue weighted by atomic mass is 16.6. The van der Waals surface area contributed by atoms with Crippen molar-refractivity contribution < 1.29 is 14.3 Å². The predicted molar refractivity (Wildman–Crippen MR) is 65.8 cm³/mol. The molecule has 4 heteroatoms. The SMILES string of the molecule is CC(C)(C)OC(=O)N[C@@H]1CCCCC[C@H]1C=O. The van der Waals surface area contributed by atoms with Gasteiger partial charge in [-0.2, -0.15) is 0 Å². The van der Waals surface area contributed by atoms with E-state index in [0.29, 0.717) is 0 Å². The van der Waals surface area contributed by atoms with E-state index in [-0.39, 0.29) is 12.0 Å². The van der Waals surface area contributed by atoms with Gasteiger partial charge < -0.3 is 14.8 Å². The predicted octanol–water partition coefficient (Wildman–Crippen LogP) is 2.66. The van der Waals surface area contributed by atoms with E-state index in [1.165, 1.54) is 0 Å². The molecule has 0 bridgehead atoms. The van der Waals surface area contributed by atoms with Gasteiger partial charge in [0.05, 0.1) is 0 Å². The zero-order chi connectivity index (χ0) is 12.9. The quantitative estimate of drug-likeness (QED) is 0.597. The van der Waals surface area contributed by atoms with E-state index in [4.69, 9.17) is 4.74 Å². The summed E-state index contributed by atoms with van der Waals surface area (Å²) in [5.74, 6) is -0.0648. The first kappa shape index (κ1) is 14.0. The fraction of sp³-hybridized carbons (Fsp3) is 0.846. The molecule has 0 aromatic rings. The lowest BCUT2D eigenvalue weighted by molar-refractivity contribution is -0.112. The van der Waals surface area contributed by atoms with Crippen LogP contribution < -0.4 is 5.32 Å². The molecule has 1 aliphatic rings. The van der Waals surface area contributed by atoms with Crippen LogP contribution in [0.4, 0.5) is 4.79 Å². The molecule has 98 valence electrons. The van der Waals surface area contributed by atoms with Crippen molar-refractivity contribution in [3.05, 3.63) is 0 Å². The van der Waals surface area contributed by atoms with Gasteiger partial charge in [-0.15, -0.1) is 0 Å². The lowest BCUT2D eigenvalue weighted by Gasteiger charge is -2.25. The Morgan fingerprint density at radius 2 is 1.88 bits per heavy atom. The lowest BCUT2D eigenvalue weighted by Crippen LogP contribution is -2.43. The molecule has 0 unspecified atom stereocenters. The fourth-order valence-electron chi connectivity index (χ4n) is 2.14. The minimum Gasteiger partial charge on any atom is -0.444 e. The molecule has 0 spiro atoms. The van der Waals surface area contributed by atoms with E-state index in [9.17, 15) is 9.59 Å². The van der Waals surface area contributed by atoms with E-state index in [1.807, 2.05) is 20.8 Å². The average Bonchev–Trinajstić information content (AvgIpc) is 2.39. The lowest BCUT2D eigenvalue weighted by atomic mass is 9.96. The maximum Gasteiger partial charge on any atom is 0.407 e. The van der Waals surface area contributed by atoms with Crippen molar-refractivity contribution in [2.45, 2.75) is 64.5 Å². The third-order valence-electron chi connectivity index (χ3n) is 2.95. The summed E-state index contributed by atoms with van der Waals surface area (Å²) in [5.41, 5.74) is -0.495. The highest BCUT2D eigenvalue weighted by Crippen LogP contribution is 2.22. The van der Waals surface area contributed by atoms with Crippen LogP contribution in [0, 0.1) is 5.92 Å². The van der Waals surface area contributed by atoms with Crippen LogP contribution in [0.25, 0.3) is 0 Å². The van der Waals surface area contributed by atoms with Crippen molar-refractivity contribution in [1.29, 1.82) is 0 Å². The first-order valence-corrected chi connectivity index (χ1v) is 6.37. The number of hydrogen-bond donors (Lipinski definition) is 1. The van der Waals surface area contributed by atoms with Gasteiger partial charge in [0.1, 0.15) is 11.9 Å². The molecule has 2 atom stereocenters. The van der Waals surface area contributed by atoms with Gasteiger partial charge in [0.15, 0.2) is 0 Å². The average molecular weight is 241 g/mol. The van der Waals surface area contributed by atoms with Crippen LogP contribution >= 0.6 is 0 Å². The number of rotatable bonds is 2. The maximum absolute atomic E-state index is 11.7. The summed E-state index contributed by atoms with van der Waals surface area (Å²) in [4.78, 5) is 22.6. The van der Waals surface area contributed by atoms with Crippen LogP contribution in [0.5, 0.6) is 0 Å². The molecule has 0 radical (unpaired) electrons. The number of amides is 1. The van der Waals surface area contributed by atoms with Crippen molar-refractivity contribution in [2.24, 2.45) is 5.92 Å². The maximum atomic E-state index is 11.7. The zero-order valence-electron chi connectivity index (χ0n) is 11.0. The third-order valence-corrected chi connectivity index (χ3v) is 2.95. The Bertz CT molecular complexity index is 270. The summed E-state index contributed by atoms with van der Waals surface area (Å²) in [6.07, 6.45) is 5.54. The Balaban J connectivity index is 2.52. The van der Waals surface area contributed by atoms with Gasteiger partial charge in [-0.3, -0.25) is 0 Å². The summed E-state index contributed by atoms with van der Waals surface area (Å²) in [7, 11) is 0. The molecule has 1 fully saturated rings. The van der Waals surface area contributed by atoms with Crippen LogP contribution in [-0.4, -0.2) is 24.0 Å². The van der Waals surface area contributed by atoms with E-state index in [2.05, 4.69) is 5.32 Å². The number of alkyl carbamates (subject to hydrolysis) is 1. The van der Waals surface area contributed by atoms with Gasteiger partial charge in [-0.1, -0.05) is 19.3 Å². The number of hydrogen-bond acceptors (Lipinski definition) is 3. The molecule has 17 heavy (non-hydrogen) atoms. The second kappa shape index (κ2) is 6.03. The molecule has 1 aliphatic carbocycles. The standard InChI is InChI=1S/C13H23NO3/c1-13(2,3)17-12(16)14-11-8-6-4-5-7-10(11)9-15/h9-11H,4-8H2,1-3H3,(H,14,16)/t10-,11+/m0/s1. The molecule has 0 aliphatic heterocycles. The number of aldehydes is 1. The molecule has 0 heterocycles. The molecule has 4 nitrogen and oxygen atoms in total. The van der Waals surface area contributed by atoms with Crippen LogP contribution in [0.2, 0.25) is 0 Å². The Morgan fingerprint density at radius 1 is 1.24 bits per heavy atom. The fourth-order valence-corrected chi connectivity index (χ4v) is 2.14. The molecule has 1 saturated carbocycles. The molecule has 1 rings (SSSR count). The summed E-state index contributed by atoms with van der Waals surface area (Å²) in [6, 6.07) is -0.0650. The minimum absolute atomic E-state index is 0.0648. The zero-order valence-corrected chi connectivity index (χ0v) is 11.0. The van der Waals surface area contributed by atoms with Gasteiger partial charge in [0, 0.05) is 12.0 Å². The third kappa shape index (κ3) is 5.20. The minimum atomic E-state index is -0.495. The summed E-state index contributed by atoms with van der Waals surface area (Å²) in [5, 5.41) is 2.82. The van der Waals surface area contributed by atoms with Gasteiger partial charge in [-0.05, 0) is 33.6 Å². The summed E-state index contributed by atoms with van der Waals surface area (Å²) >= 11 is 0. The first-order chi connectivity index (χ1) is 7.92. The molecule has 0 aromatic heterocycles. The molecular formula is C13H23NO3. The first-order valence-electron chi connectivity index (χ1n) is 6.37. The Morgan fingerprint density at radius 3 is 2.47 bits per heavy atom. The van der Waals surface area contributed by atoms with E-state index in [1.54, 1.807) is 0 Å². The van der Waals surface area contributed by atoms with Crippen LogP contribution in [0.3, 0.4) is 0 Å². The Kier molecular flexibility index (Phi) is 4.97. The smallest absolute Gasteiger partial charge is 0.407 e. The Labute approximate surface area is 103 Å². The summed E-state index contributed by atoms with van der Waals surface area (Å²) < 4.78 is 5.21. The Hall–Kier alpha value is -1.06. The van der Waals surface area contributed by atoms with Gasteiger partial charge >= 0.3 is 6.09 Å². The van der Waals surface area contributed by atoms with Crippen molar-refractivity contribution in [2.75, 3.05) is 0 Å². The van der Waals surface area contributed by atoms with E-state index >= 15 is 0 Å². The van der Waals surface area contributed by atoms with Gasteiger partial charge in [0.2, 0.25) is 0 Å². The summed E-state index contributed by atoms with van der Waals surface area (Å²) in [6.45, 7) is 5.49. The topological polar surface area (TPSA) is 55.4 Å². The van der Waals surface area contributed by atoms with Gasteiger partial charge in [-0.25, -0.2) is 4.79 Å². The second-order valence-corrected chi connectivity index (χ2v) is 5.69. The van der Waals surface area contributed by atoms with E-state index < -0.39 is 11.7 Å². The van der Waals surface area contributed by atoms with Crippen molar-refractivity contribution >= 4 is 12.4 Å². The molecule has 0 aromatic carbocycles. The molecule has 1 N–H and O–H groups in total. The largest absolute Gasteiger partial charge is 0.444 e. The number of carbonyl (C=O) groups excluding carboxylic acids is 2. The van der Waals surface area contributed by atoms with Crippen LogP contribution in [0.1, 0.15) is 52.9 Å². The number of nitrogens with one attached hydrogen (secondary N) is 1. The van der Waals surface area contributed by atoms with E-state index in [0.717, 1.165) is 38.4 Å². The van der Waals surface area contributed by atoms with Gasteiger partial charge in [0.25, 0.3) is 0 Å². The number of carbonyl (C=O) groups is 2. The van der Waals surface area contributed by atoms with Crippen molar-refractivity contribution in [3.63, 3.8) is 0 Å². The highest BCUT2D eigenvalue weighted by Gasteiger charge is 2.26. The second-order valence-electron chi connectivity index (χ2n) is 5.69. The van der Waals surface area contributed by atoms with Crippen molar-refractivity contribution in [1.82, 2.24) is 5.32 Å².